The van der Waals surface area contributed by atoms with E-state index >= 15 is 0 Å². The van der Waals surface area contributed by atoms with E-state index in [2.05, 4.69) is 5.32 Å². The van der Waals surface area contributed by atoms with Gasteiger partial charge in [0.05, 0.1) is 0 Å². The number of carbonyl (C=O) groups is 2. The maximum Gasteiger partial charge on any atom is 0.328 e. The molecule has 90 valence electrons. The molecule has 0 radical (unpaired) electrons. The van der Waals surface area contributed by atoms with Crippen molar-refractivity contribution in [1.82, 2.24) is 5.32 Å². The maximum atomic E-state index is 12.8. The van der Waals surface area contributed by atoms with Crippen molar-refractivity contribution in [3.8, 4) is 0 Å². The summed E-state index contributed by atoms with van der Waals surface area (Å²) in [6.45, 7) is -0.0139. The van der Waals surface area contributed by atoms with Gasteiger partial charge in [-0.2, -0.15) is 0 Å². The molecule has 0 spiro atoms. The van der Waals surface area contributed by atoms with Gasteiger partial charge in [-0.1, -0.05) is 6.07 Å². The minimum absolute atomic E-state index is 0.0139. The summed E-state index contributed by atoms with van der Waals surface area (Å²) < 4.78 is 25.3. The number of carboxylic acid groups (broad SMARTS) is 1. The standard InChI is InChI=1S/C11H9F2NO3/c12-8-2-1-7(5-9(8)13)6-14-10(15)3-4-11(16)17/h1-5H,6H2,(H,14,15)(H,16,17)/b4-3+. The third-order valence-electron chi connectivity index (χ3n) is 1.83. The number of carboxylic acids is 1. The van der Waals surface area contributed by atoms with Crippen LogP contribution < -0.4 is 5.32 Å². The summed E-state index contributed by atoms with van der Waals surface area (Å²) in [5, 5.41) is 10.6. The Bertz CT molecular complexity index is 472. The van der Waals surface area contributed by atoms with Crippen LogP contribution in [0.1, 0.15) is 5.56 Å². The summed E-state index contributed by atoms with van der Waals surface area (Å²) in [5.74, 6) is -3.84. The molecule has 0 saturated heterocycles. The van der Waals surface area contributed by atoms with E-state index in [4.69, 9.17) is 5.11 Å². The third kappa shape index (κ3) is 4.42. The first-order valence-electron chi connectivity index (χ1n) is 4.62. The molecule has 0 bridgehead atoms. The van der Waals surface area contributed by atoms with Gasteiger partial charge in [-0.3, -0.25) is 4.79 Å². The fourth-order valence-corrected chi connectivity index (χ4v) is 1.04. The fourth-order valence-electron chi connectivity index (χ4n) is 1.04. The lowest BCUT2D eigenvalue weighted by Gasteiger charge is -2.02. The molecule has 0 heterocycles. The van der Waals surface area contributed by atoms with Crippen LogP contribution in [0.5, 0.6) is 0 Å². The topological polar surface area (TPSA) is 66.4 Å². The number of hydrogen-bond acceptors (Lipinski definition) is 2. The van der Waals surface area contributed by atoms with Gasteiger partial charge in [0, 0.05) is 18.7 Å². The zero-order valence-corrected chi connectivity index (χ0v) is 8.61. The van der Waals surface area contributed by atoms with Gasteiger partial charge >= 0.3 is 5.97 Å². The van der Waals surface area contributed by atoms with Crippen LogP contribution in [0.2, 0.25) is 0 Å². The molecule has 6 heteroatoms. The van der Waals surface area contributed by atoms with Gasteiger partial charge in [-0.05, 0) is 17.7 Å². The first-order chi connectivity index (χ1) is 7.99. The number of nitrogens with one attached hydrogen (secondary N) is 1. The van der Waals surface area contributed by atoms with Crippen LogP contribution in [0.15, 0.2) is 30.4 Å². The van der Waals surface area contributed by atoms with E-state index in [1.54, 1.807) is 0 Å². The summed E-state index contributed by atoms with van der Waals surface area (Å²) in [5.41, 5.74) is 0.376. The lowest BCUT2D eigenvalue weighted by atomic mass is 10.2. The summed E-state index contributed by atoms with van der Waals surface area (Å²) in [6, 6.07) is 3.22. The fraction of sp³-hybridized carbons (Fsp3) is 0.0909. The van der Waals surface area contributed by atoms with Crippen LogP contribution in [0, 0.1) is 11.6 Å². The highest BCUT2D eigenvalue weighted by Gasteiger charge is 2.03. The third-order valence-corrected chi connectivity index (χ3v) is 1.83. The monoisotopic (exact) mass is 241 g/mol. The van der Waals surface area contributed by atoms with E-state index < -0.39 is 23.5 Å². The summed E-state index contributed by atoms with van der Waals surface area (Å²) >= 11 is 0. The summed E-state index contributed by atoms with van der Waals surface area (Å²) in [6.07, 6.45) is 1.52. The molecule has 17 heavy (non-hydrogen) atoms. The second-order valence-corrected chi connectivity index (χ2v) is 3.14. The van der Waals surface area contributed by atoms with Crippen LogP contribution in [0.3, 0.4) is 0 Å². The van der Waals surface area contributed by atoms with Crippen LogP contribution in [0.4, 0.5) is 8.78 Å². The maximum absolute atomic E-state index is 12.8. The van der Waals surface area contributed by atoms with E-state index in [-0.39, 0.29) is 6.54 Å². The lowest BCUT2D eigenvalue weighted by Crippen LogP contribution is -2.20. The molecule has 1 rings (SSSR count). The van der Waals surface area contributed by atoms with E-state index in [1.165, 1.54) is 6.07 Å². The van der Waals surface area contributed by atoms with Gasteiger partial charge in [0.25, 0.3) is 0 Å². The van der Waals surface area contributed by atoms with Crippen molar-refractivity contribution in [3.63, 3.8) is 0 Å². The molecule has 1 aromatic carbocycles. The highest BCUT2D eigenvalue weighted by molar-refractivity contribution is 5.93. The van der Waals surface area contributed by atoms with Crippen molar-refractivity contribution < 1.29 is 23.5 Å². The number of aliphatic carboxylic acids is 1. The first-order valence-corrected chi connectivity index (χ1v) is 4.62. The van der Waals surface area contributed by atoms with E-state index in [0.29, 0.717) is 11.6 Å². The van der Waals surface area contributed by atoms with Crippen molar-refractivity contribution >= 4 is 11.9 Å². The number of hydrogen-bond donors (Lipinski definition) is 2. The number of amides is 1. The minimum Gasteiger partial charge on any atom is -0.478 e. The molecule has 0 aliphatic carbocycles. The molecular formula is C11H9F2NO3. The lowest BCUT2D eigenvalue weighted by molar-refractivity contribution is -0.131. The van der Waals surface area contributed by atoms with Crippen LogP contribution >= 0.6 is 0 Å². The van der Waals surface area contributed by atoms with Crippen LogP contribution in [0.25, 0.3) is 0 Å². The molecule has 0 atom stereocenters. The Morgan fingerprint density at radius 1 is 1.24 bits per heavy atom. The van der Waals surface area contributed by atoms with Crippen LogP contribution in [-0.2, 0) is 16.1 Å². The van der Waals surface area contributed by atoms with Gasteiger partial charge in [0.15, 0.2) is 11.6 Å². The minimum atomic E-state index is -1.24. The molecule has 0 aliphatic rings. The van der Waals surface area contributed by atoms with Crippen molar-refractivity contribution in [2.45, 2.75) is 6.54 Å². The highest BCUT2D eigenvalue weighted by Crippen LogP contribution is 2.08. The Morgan fingerprint density at radius 3 is 2.53 bits per heavy atom. The van der Waals surface area contributed by atoms with Crippen molar-refractivity contribution in [3.05, 3.63) is 47.5 Å². The van der Waals surface area contributed by atoms with Gasteiger partial charge in [-0.15, -0.1) is 0 Å². The van der Waals surface area contributed by atoms with Crippen molar-refractivity contribution in [2.75, 3.05) is 0 Å². The number of rotatable bonds is 4. The van der Waals surface area contributed by atoms with Gasteiger partial charge < -0.3 is 10.4 Å². The van der Waals surface area contributed by atoms with E-state index in [1.807, 2.05) is 0 Å². The van der Waals surface area contributed by atoms with Gasteiger partial charge in [-0.25, -0.2) is 13.6 Å². The normalized spacial score (nSPS) is 10.5. The quantitative estimate of drug-likeness (QED) is 0.779. The largest absolute Gasteiger partial charge is 0.478 e. The molecule has 0 aliphatic heterocycles. The number of benzene rings is 1. The smallest absolute Gasteiger partial charge is 0.328 e. The predicted molar refractivity (Wildman–Crippen MR) is 55.0 cm³/mol. The Kier molecular flexibility index (Phi) is 4.33. The molecule has 4 nitrogen and oxygen atoms in total. The molecule has 2 N–H and O–H groups in total. The first kappa shape index (κ1) is 12.8. The molecule has 0 unspecified atom stereocenters. The molecule has 1 aromatic rings. The predicted octanol–water partition coefficient (Wildman–Crippen LogP) is 1.22. The number of halogens is 2. The highest BCUT2D eigenvalue weighted by atomic mass is 19.2. The van der Waals surface area contributed by atoms with E-state index in [9.17, 15) is 18.4 Å². The zero-order valence-electron chi connectivity index (χ0n) is 8.61. The average Bonchev–Trinajstić information content (AvgIpc) is 2.28. The van der Waals surface area contributed by atoms with Gasteiger partial charge in [0.1, 0.15) is 0 Å². The summed E-state index contributed by atoms with van der Waals surface area (Å²) in [7, 11) is 0. The Hall–Kier alpha value is -2.24. The van der Waals surface area contributed by atoms with Crippen LogP contribution in [-0.4, -0.2) is 17.0 Å². The summed E-state index contributed by atoms with van der Waals surface area (Å²) in [4.78, 5) is 21.1. The molecule has 0 aromatic heterocycles. The molecule has 1 amide bonds. The van der Waals surface area contributed by atoms with E-state index in [0.717, 1.165) is 18.2 Å². The van der Waals surface area contributed by atoms with Crippen molar-refractivity contribution in [2.24, 2.45) is 0 Å². The Labute approximate surface area is 95.6 Å². The van der Waals surface area contributed by atoms with Crippen molar-refractivity contribution in [1.29, 1.82) is 0 Å². The SMILES string of the molecule is O=C(O)/C=C/C(=O)NCc1ccc(F)c(F)c1. The second kappa shape index (κ2) is 5.74. The molecule has 0 fully saturated rings. The average molecular weight is 241 g/mol. The zero-order chi connectivity index (χ0) is 12.8. The van der Waals surface area contributed by atoms with Gasteiger partial charge in [0.2, 0.25) is 5.91 Å². The second-order valence-electron chi connectivity index (χ2n) is 3.14. The molecular weight excluding hydrogens is 232 g/mol. The number of carbonyl (C=O) groups excluding carboxylic acids is 1. The molecule has 0 saturated carbocycles. The Balaban J connectivity index is 2.53. The Morgan fingerprint density at radius 2 is 1.94 bits per heavy atom.